The number of benzene rings is 2. The predicted octanol–water partition coefficient (Wildman–Crippen LogP) is 3.66. The molecular formula is C31H36N3O6S3. The van der Waals surface area contributed by atoms with Gasteiger partial charge < -0.3 is 0 Å². The second-order valence-electron chi connectivity index (χ2n) is 10.1. The second kappa shape index (κ2) is 14.4. The van der Waals surface area contributed by atoms with Gasteiger partial charge in [0.2, 0.25) is 30.1 Å². The Morgan fingerprint density at radius 3 is 1.02 bits per heavy atom. The van der Waals surface area contributed by atoms with Crippen molar-refractivity contribution in [3.8, 4) is 0 Å². The van der Waals surface area contributed by atoms with E-state index in [-0.39, 0.29) is 54.3 Å². The van der Waals surface area contributed by atoms with E-state index in [1.165, 1.54) is 25.8 Å². The molecule has 5 radical (unpaired) electrons. The van der Waals surface area contributed by atoms with Crippen LogP contribution in [0.2, 0.25) is 0 Å². The Morgan fingerprint density at radius 2 is 0.721 bits per heavy atom. The maximum absolute atomic E-state index is 13.5. The molecule has 1 fully saturated rings. The summed E-state index contributed by atoms with van der Waals surface area (Å²) in [5.41, 5.74) is 1.84. The molecule has 0 saturated heterocycles. The zero-order chi connectivity index (χ0) is 31.1. The van der Waals surface area contributed by atoms with Gasteiger partial charge in [-0.3, -0.25) is 0 Å². The fourth-order valence-corrected chi connectivity index (χ4v) is 8.41. The Morgan fingerprint density at radius 1 is 0.442 bits per heavy atom. The number of aryl methyl sites for hydroxylation is 2. The van der Waals surface area contributed by atoms with Gasteiger partial charge in [-0.1, -0.05) is 71.8 Å². The van der Waals surface area contributed by atoms with Gasteiger partial charge >= 0.3 is 0 Å². The highest BCUT2D eigenvalue weighted by Gasteiger charge is 2.35. The van der Waals surface area contributed by atoms with E-state index < -0.39 is 30.1 Å². The Labute approximate surface area is 257 Å². The number of hydrogen-bond donors (Lipinski definition) is 0. The third kappa shape index (κ3) is 8.31. The maximum atomic E-state index is 13.5. The first-order chi connectivity index (χ1) is 20.4. The van der Waals surface area contributed by atoms with Crippen LogP contribution in [0.5, 0.6) is 0 Å². The van der Waals surface area contributed by atoms with E-state index in [4.69, 9.17) is 0 Å². The van der Waals surface area contributed by atoms with Gasteiger partial charge in [-0.25, -0.2) is 25.3 Å². The molecule has 4 rings (SSSR count). The van der Waals surface area contributed by atoms with E-state index in [9.17, 15) is 25.3 Å². The molecule has 0 N–H and O–H groups in total. The van der Waals surface area contributed by atoms with Crippen LogP contribution in [-0.4, -0.2) is 77.4 Å². The Kier molecular flexibility index (Phi) is 11.2. The van der Waals surface area contributed by atoms with Gasteiger partial charge in [0.1, 0.15) is 5.25 Å². The van der Waals surface area contributed by atoms with Crippen LogP contribution in [0.15, 0.2) is 94.8 Å². The van der Waals surface area contributed by atoms with Crippen molar-refractivity contribution in [2.75, 3.05) is 39.3 Å². The van der Waals surface area contributed by atoms with E-state index in [0.717, 1.165) is 11.1 Å². The van der Waals surface area contributed by atoms with Gasteiger partial charge in [-0.05, 0) is 63.8 Å². The molecule has 229 valence electrons. The van der Waals surface area contributed by atoms with Crippen molar-refractivity contribution in [3.63, 3.8) is 0 Å². The predicted molar refractivity (Wildman–Crippen MR) is 168 cm³/mol. The van der Waals surface area contributed by atoms with E-state index in [1.54, 1.807) is 97.8 Å². The molecule has 9 nitrogen and oxygen atoms in total. The molecule has 0 aromatic heterocycles. The molecule has 0 spiro atoms. The first-order valence-electron chi connectivity index (χ1n) is 13.7. The number of hydrogen-bond acceptors (Lipinski definition) is 6. The highest BCUT2D eigenvalue weighted by molar-refractivity contribution is 7.92. The van der Waals surface area contributed by atoms with Crippen LogP contribution in [0.25, 0.3) is 0 Å². The van der Waals surface area contributed by atoms with E-state index in [1.807, 2.05) is 13.8 Å². The fraction of sp³-hybridized carbons (Fsp3) is 0.258. The molecule has 2 aromatic carbocycles. The summed E-state index contributed by atoms with van der Waals surface area (Å²) >= 11 is 0. The van der Waals surface area contributed by atoms with Crippen molar-refractivity contribution in [2.24, 2.45) is 0 Å². The molecule has 12 heteroatoms. The lowest BCUT2D eigenvalue weighted by atomic mass is 10.2. The molecule has 1 aliphatic heterocycles. The summed E-state index contributed by atoms with van der Waals surface area (Å²) < 4.78 is 84.7. The summed E-state index contributed by atoms with van der Waals surface area (Å²) in [7, 11) is -11.7. The minimum atomic E-state index is -3.90. The van der Waals surface area contributed by atoms with E-state index in [0.29, 0.717) is 0 Å². The normalized spacial score (nSPS) is 22.0. The van der Waals surface area contributed by atoms with Gasteiger partial charge in [-0.15, -0.1) is 0 Å². The average molecular weight is 643 g/mol. The number of sulfonamides is 3. The minimum Gasteiger partial charge on any atom is -0.212 e. The largest absolute Gasteiger partial charge is 0.243 e. The number of nitrogens with zero attached hydrogens (tertiary/aromatic N) is 3. The van der Waals surface area contributed by atoms with Gasteiger partial charge in [0.05, 0.1) is 9.79 Å². The zero-order valence-electron chi connectivity index (χ0n) is 24.2. The zero-order valence-corrected chi connectivity index (χ0v) is 26.6. The topological polar surface area (TPSA) is 112 Å². The molecule has 1 saturated carbocycles. The van der Waals surface area contributed by atoms with Crippen LogP contribution < -0.4 is 0 Å². The van der Waals surface area contributed by atoms with E-state index >= 15 is 0 Å². The summed E-state index contributed by atoms with van der Waals surface area (Å²) in [6.45, 7) is 3.70. The van der Waals surface area contributed by atoms with E-state index in [2.05, 4.69) is 0 Å². The lowest BCUT2D eigenvalue weighted by Crippen LogP contribution is -2.35. The summed E-state index contributed by atoms with van der Waals surface area (Å²) in [6, 6.07) is 13.1. The molecule has 0 unspecified atom stereocenters. The van der Waals surface area contributed by atoms with Crippen LogP contribution in [-0.2, 0) is 30.1 Å². The first kappa shape index (κ1) is 33.3. The van der Waals surface area contributed by atoms with Crippen LogP contribution >= 0.6 is 0 Å². The lowest BCUT2D eigenvalue weighted by Gasteiger charge is -2.23. The Balaban J connectivity index is 1.67. The van der Waals surface area contributed by atoms with Crippen molar-refractivity contribution in [3.05, 3.63) is 127 Å². The molecule has 1 heterocycles. The van der Waals surface area contributed by atoms with Crippen molar-refractivity contribution >= 4 is 30.1 Å². The Bertz CT molecular complexity index is 1540. The standard InChI is InChI=1S/C31H36N3O6S3/c1-27-13-17-30(18-14-27)42(37,38)33-23-7-5-21-32(41(35,36)29-11-3-4-12-29)22-6-8-24-34(26-10-9-25-33)43(39,40)31-19-15-28(2)16-20-31/h3-20H,21-26H2,1-2H3/b7-5+,8-6+,10-9+. The third-order valence-corrected chi connectivity index (χ3v) is 12.5. The molecule has 0 bridgehead atoms. The molecule has 0 atom stereocenters. The van der Waals surface area contributed by atoms with Crippen molar-refractivity contribution in [1.29, 1.82) is 0 Å². The van der Waals surface area contributed by atoms with Crippen LogP contribution in [0.1, 0.15) is 11.1 Å². The van der Waals surface area contributed by atoms with Gasteiger partial charge in [0.25, 0.3) is 0 Å². The highest BCUT2D eigenvalue weighted by Crippen LogP contribution is 2.31. The van der Waals surface area contributed by atoms with Crippen LogP contribution in [0.3, 0.4) is 0 Å². The van der Waals surface area contributed by atoms with Crippen molar-refractivity contribution in [1.82, 2.24) is 12.9 Å². The molecule has 2 aliphatic rings. The summed E-state index contributed by atoms with van der Waals surface area (Å²) in [4.78, 5) is 0.261. The van der Waals surface area contributed by atoms with Gasteiger partial charge in [0, 0.05) is 39.3 Å². The molecule has 1 aliphatic carbocycles. The van der Waals surface area contributed by atoms with Gasteiger partial charge in [0.15, 0.2) is 0 Å². The smallest absolute Gasteiger partial charge is 0.212 e. The molecular weight excluding hydrogens is 607 g/mol. The first-order valence-corrected chi connectivity index (χ1v) is 18.0. The molecule has 2 aromatic rings. The Hall–Kier alpha value is -2.61. The van der Waals surface area contributed by atoms with Crippen LogP contribution in [0, 0.1) is 44.8 Å². The highest BCUT2D eigenvalue weighted by atomic mass is 32.2. The second-order valence-corrected chi connectivity index (χ2v) is 15.9. The monoisotopic (exact) mass is 642 g/mol. The van der Waals surface area contributed by atoms with Gasteiger partial charge in [-0.2, -0.15) is 12.9 Å². The third-order valence-electron chi connectivity index (χ3n) is 6.94. The summed E-state index contributed by atoms with van der Waals surface area (Å²) in [5.74, 6) is 0. The molecule has 43 heavy (non-hydrogen) atoms. The minimum absolute atomic E-state index is 0.00249. The lowest BCUT2D eigenvalue weighted by molar-refractivity contribution is 0.465. The fourth-order valence-electron chi connectivity index (χ4n) is 4.36. The van der Waals surface area contributed by atoms with Crippen LogP contribution in [0.4, 0.5) is 0 Å². The quantitative estimate of drug-likeness (QED) is 0.445. The van der Waals surface area contributed by atoms with Crippen molar-refractivity contribution < 1.29 is 25.3 Å². The maximum Gasteiger partial charge on any atom is 0.243 e. The SMILES string of the molecule is Cc1ccc(S(=O)(=O)N2C/C=C/CN(S(=O)(=O)[C]3[CH][CH][CH][CH]3)C/C=C/CN(S(=O)(=O)c3ccc(C)cc3)C/C=C/C2)cc1. The van der Waals surface area contributed by atoms with Crippen molar-refractivity contribution in [2.45, 2.75) is 23.6 Å². The molecule has 0 amide bonds. The average Bonchev–Trinajstić information content (AvgIpc) is 3.52. The summed E-state index contributed by atoms with van der Waals surface area (Å²) in [5, 5.41) is 0.142. The summed E-state index contributed by atoms with van der Waals surface area (Å²) in [6.07, 6.45) is 16.1. The number of rotatable bonds is 6.